The molecule has 1 aromatic carbocycles. The highest BCUT2D eigenvalue weighted by atomic mass is 19.2. The Morgan fingerprint density at radius 2 is 1.77 bits per heavy atom. The zero-order valence-electron chi connectivity index (χ0n) is 17.2. The Morgan fingerprint density at radius 1 is 1.10 bits per heavy atom. The summed E-state index contributed by atoms with van der Waals surface area (Å²) in [6, 6.07) is 0.921. The normalized spacial score (nSPS) is 23.3. The standard InChI is InChI=1S/C21H23F3N4O2/c1-10-19-20(27(3)11(2)21(29)28(19)4)26-18(25-10)7-12-5-13(6-12)30-17-9-15(23)14(22)8-16(17)24/h8-9,11-13H,5-7H2,1-4H3/t11-,12?,13?/m0/s1. The molecule has 160 valence electrons. The number of aromatic nitrogens is 2. The van der Waals surface area contributed by atoms with Gasteiger partial charge >= 0.3 is 0 Å². The van der Waals surface area contributed by atoms with E-state index in [1.54, 1.807) is 11.9 Å². The Bertz CT molecular complexity index is 1010. The highest BCUT2D eigenvalue weighted by Gasteiger charge is 2.36. The maximum Gasteiger partial charge on any atom is 0.249 e. The first-order chi connectivity index (χ1) is 14.2. The average molecular weight is 420 g/mol. The Morgan fingerprint density at radius 3 is 2.47 bits per heavy atom. The second-order valence-electron chi connectivity index (χ2n) is 8.06. The van der Waals surface area contributed by atoms with Crippen molar-refractivity contribution in [2.75, 3.05) is 23.9 Å². The molecule has 1 fully saturated rings. The number of carbonyl (C=O) groups is 1. The third-order valence-corrected chi connectivity index (χ3v) is 5.96. The van der Waals surface area contributed by atoms with E-state index in [9.17, 15) is 18.0 Å². The number of hydrogen-bond acceptors (Lipinski definition) is 5. The quantitative estimate of drug-likeness (QED) is 0.710. The topological polar surface area (TPSA) is 58.6 Å². The fraction of sp³-hybridized carbons (Fsp3) is 0.476. The fourth-order valence-electron chi connectivity index (χ4n) is 4.05. The monoisotopic (exact) mass is 420 g/mol. The molecular weight excluding hydrogens is 397 g/mol. The van der Waals surface area contributed by atoms with E-state index in [1.807, 2.05) is 25.8 Å². The minimum absolute atomic E-state index is 0.00658. The number of halogens is 3. The van der Waals surface area contributed by atoms with Gasteiger partial charge in [-0.1, -0.05) is 0 Å². The SMILES string of the molecule is Cc1nc(CC2CC(Oc3cc(F)c(F)cc3F)C2)nc2c1N(C)C(=O)[C@H](C)N2C. The Kier molecular flexibility index (Phi) is 5.07. The van der Waals surface area contributed by atoms with Gasteiger partial charge in [0.15, 0.2) is 29.0 Å². The van der Waals surface area contributed by atoms with E-state index in [4.69, 9.17) is 4.74 Å². The van der Waals surface area contributed by atoms with Crippen molar-refractivity contribution in [1.82, 2.24) is 9.97 Å². The smallest absolute Gasteiger partial charge is 0.249 e. The van der Waals surface area contributed by atoms with E-state index in [1.165, 1.54) is 0 Å². The van der Waals surface area contributed by atoms with Gasteiger partial charge in [0.05, 0.1) is 11.8 Å². The predicted molar refractivity (Wildman–Crippen MR) is 105 cm³/mol. The summed E-state index contributed by atoms with van der Waals surface area (Å²) in [5.74, 6) is -1.93. The van der Waals surface area contributed by atoms with Gasteiger partial charge in [0.1, 0.15) is 17.6 Å². The first kappa shape index (κ1) is 20.4. The lowest BCUT2D eigenvalue weighted by molar-refractivity contribution is -0.119. The fourth-order valence-corrected chi connectivity index (χ4v) is 4.05. The summed E-state index contributed by atoms with van der Waals surface area (Å²) in [7, 11) is 3.57. The van der Waals surface area contributed by atoms with Gasteiger partial charge in [-0.15, -0.1) is 0 Å². The Labute approximate surface area is 172 Å². The van der Waals surface area contributed by atoms with Crippen LogP contribution in [0.2, 0.25) is 0 Å². The van der Waals surface area contributed by atoms with Gasteiger partial charge < -0.3 is 14.5 Å². The van der Waals surface area contributed by atoms with Gasteiger partial charge in [-0.3, -0.25) is 4.79 Å². The first-order valence-electron chi connectivity index (χ1n) is 9.84. The van der Waals surface area contributed by atoms with Crippen LogP contribution in [0.3, 0.4) is 0 Å². The second kappa shape index (κ2) is 7.45. The molecule has 30 heavy (non-hydrogen) atoms. The van der Waals surface area contributed by atoms with Crippen molar-refractivity contribution >= 4 is 17.4 Å². The number of anilines is 2. The van der Waals surface area contributed by atoms with Crippen LogP contribution in [-0.4, -0.2) is 42.1 Å². The molecule has 0 saturated heterocycles. The molecule has 1 aromatic heterocycles. The van der Waals surface area contributed by atoms with E-state index < -0.39 is 17.5 Å². The van der Waals surface area contributed by atoms with Gasteiger partial charge in [-0.05, 0) is 32.6 Å². The lowest BCUT2D eigenvalue weighted by Crippen LogP contribution is -2.50. The number of benzene rings is 1. The minimum Gasteiger partial charge on any atom is -0.487 e. The van der Waals surface area contributed by atoms with Crippen LogP contribution in [0.25, 0.3) is 0 Å². The molecule has 9 heteroatoms. The van der Waals surface area contributed by atoms with Crippen molar-refractivity contribution in [2.45, 2.75) is 45.3 Å². The molecule has 0 bridgehead atoms. The van der Waals surface area contributed by atoms with Crippen molar-refractivity contribution < 1.29 is 22.7 Å². The van der Waals surface area contributed by atoms with E-state index in [2.05, 4.69) is 9.97 Å². The molecule has 1 atom stereocenters. The van der Waals surface area contributed by atoms with Gasteiger partial charge in [-0.25, -0.2) is 23.1 Å². The molecule has 6 nitrogen and oxygen atoms in total. The lowest BCUT2D eigenvalue weighted by atomic mass is 9.80. The molecule has 1 aliphatic carbocycles. The van der Waals surface area contributed by atoms with Crippen molar-refractivity contribution in [3.05, 3.63) is 41.1 Å². The molecule has 0 N–H and O–H groups in total. The van der Waals surface area contributed by atoms with E-state index in [0.29, 0.717) is 36.8 Å². The number of hydrogen-bond donors (Lipinski definition) is 0. The summed E-state index contributed by atoms with van der Waals surface area (Å²) < 4.78 is 45.6. The van der Waals surface area contributed by atoms with Gasteiger partial charge in [-0.2, -0.15) is 0 Å². The highest BCUT2D eigenvalue weighted by molar-refractivity contribution is 6.04. The summed E-state index contributed by atoms with van der Waals surface area (Å²) in [6.07, 6.45) is 1.64. The van der Waals surface area contributed by atoms with Crippen LogP contribution in [0.5, 0.6) is 5.75 Å². The van der Waals surface area contributed by atoms with Gasteiger partial charge in [0, 0.05) is 32.6 Å². The van der Waals surface area contributed by atoms with E-state index in [-0.39, 0.29) is 29.7 Å². The number of amides is 1. The molecule has 0 spiro atoms. The van der Waals surface area contributed by atoms with Crippen LogP contribution in [-0.2, 0) is 11.2 Å². The maximum absolute atomic E-state index is 13.7. The van der Waals surface area contributed by atoms with Crippen molar-refractivity contribution in [2.24, 2.45) is 5.92 Å². The van der Waals surface area contributed by atoms with Gasteiger partial charge in [0.25, 0.3) is 0 Å². The molecule has 0 unspecified atom stereocenters. The third-order valence-electron chi connectivity index (χ3n) is 5.96. The summed E-state index contributed by atoms with van der Waals surface area (Å²) in [5.41, 5.74) is 1.45. The number of rotatable bonds is 4. The summed E-state index contributed by atoms with van der Waals surface area (Å²) >= 11 is 0. The van der Waals surface area contributed by atoms with Crippen LogP contribution >= 0.6 is 0 Å². The molecule has 1 amide bonds. The van der Waals surface area contributed by atoms with Crippen LogP contribution in [0.15, 0.2) is 12.1 Å². The van der Waals surface area contributed by atoms with Crippen molar-refractivity contribution in [3.63, 3.8) is 0 Å². The largest absolute Gasteiger partial charge is 0.487 e. The first-order valence-corrected chi connectivity index (χ1v) is 9.84. The number of aryl methyl sites for hydroxylation is 1. The number of carbonyl (C=O) groups excluding carboxylic acids is 1. The number of likely N-dealkylation sites (N-methyl/N-ethyl adjacent to an activating group) is 2. The minimum atomic E-state index is -1.24. The molecule has 2 aliphatic rings. The summed E-state index contributed by atoms with van der Waals surface area (Å²) in [6.45, 7) is 3.69. The second-order valence-corrected chi connectivity index (χ2v) is 8.06. The third kappa shape index (κ3) is 3.46. The predicted octanol–water partition coefficient (Wildman–Crippen LogP) is 3.40. The van der Waals surface area contributed by atoms with Crippen molar-refractivity contribution in [1.29, 1.82) is 0 Å². The number of fused-ring (bicyclic) bond motifs is 1. The molecule has 4 rings (SSSR count). The average Bonchev–Trinajstić information content (AvgIpc) is 2.66. The zero-order valence-corrected chi connectivity index (χ0v) is 17.2. The molecular formula is C21H23F3N4O2. The maximum atomic E-state index is 13.7. The molecule has 2 aromatic rings. The van der Waals surface area contributed by atoms with Crippen LogP contribution < -0.4 is 14.5 Å². The van der Waals surface area contributed by atoms with E-state index in [0.717, 1.165) is 17.6 Å². The molecule has 0 radical (unpaired) electrons. The Balaban J connectivity index is 1.43. The number of nitrogens with zero attached hydrogens (tertiary/aromatic N) is 4. The summed E-state index contributed by atoms with van der Waals surface area (Å²) in [4.78, 5) is 25.1. The lowest BCUT2D eigenvalue weighted by Gasteiger charge is -2.38. The van der Waals surface area contributed by atoms with Crippen molar-refractivity contribution in [3.8, 4) is 5.75 Å². The highest BCUT2D eigenvalue weighted by Crippen LogP contribution is 2.38. The molecule has 2 heterocycles. The Hall–Kier alpha value is -2.84. The molecule has 1 aliphatic heterocycles. The van der Waals surface area contributed by atoms with Crippen LogP contribution in [0, 0.1) is 30.3 Å². The van der Waals surface area contributed by atoms with E-state index >= 15 is 0 Å². The van der Waals surface area contributed by atoms with Crippen LogP contribution in [0.1, 0.15) is 31.3 Å². The van der Waals surface area contributed by atoms with Crippen LogP contribution in [0.4, 0.5) is 24.7 Å². The summed E-state index contributed by atoms with van der Waals surface area (Å²) in [5, 5.41) is 0. The van der Waals surface area contributed by atoms with Gasteiger partial charge in [0.2, 0.25) is 5.91 Å². The molecule has 1 saturated carbocycles. The number of ether oxygens (including phenoxy) is 1. The zero-order chi connectivity index (χ0) is 21.7.